The summed E-state index contributed by atoms with van der Waals surface area (Å²) in [6, 6.07) is 7.89. The third kappa shape index (κ3) is 3.34. The fraction of sp³-hybridized carbons (Fsp3) is 0.333. The van der Waals surface area contributed by atoms with Gasteiger partial charge in [-0.25, -0.2) is 4.68 Å². The van der Waals surface area contributed by atoms with Gasteiger partial charge < -0.3 is 10.2 Å². The Morgan fingerprint density at radius 1 is 1.32 bits per heavy atom. The van der Waals surface area contributed by atoms with Gasteiger partial charge in [-0.05, 0) is 25.1 Å². The molecule has 1 saturated heterocycles. The van der Waals surface area contributed by atoms with E-state index in [0.717, 1.165) is 42.0 Å². The lowest BCUT2D eigenvalue weighted by molar-refractivity contribution is 0.0735. The maximum Gasteiger partial charge on any atom is 0.257 e. The topological polar surface area (TPSA) is 50.2 Å². The molecule has 1 fully saturated rings. The first-order chi connectivity index (χ1) is 10.2. The van der Waals surface area contributed by atoms with Crippen molar-refractivity contribution in [2.24, 2.45) is 0 Å². The van der Waals surface area contributed by atoms with Crippen LogP contribution in [0.2, 0.25) is 0 Å². The average Bonchev–Trinajstić information content (AvgIpc) is 2.89. The van der Waals surface area contributed by atoms with E-state index < -0.39 is 0 Å². The van der Waals surface area contributed by atoms with Crippen LogP contribution in [0.15, 0.2) is 34.9 Å². The minimum atomic E-state index is 0. The van der Waals surface area contributed by atoms with Crippen LogP contribution in [0.1, 0.15) is 16.1 Å². The predicted molar refractivity (Wildman–Crippen MR) is 92.0 cm³/mol. The zero-order valence-corrected chi connectivity index (χ0v) is 14.7. The van der Waals surface area contributed by atoms with Crippen LogP contribution in [0, 0.1) is 6.92 Å². The van der Waals surface area contributed by atoms with Crippen molar-refractivity contribution < 1.29 is 4.79 Å². The summed E-state index contributed by atoms with van der Waals surface area (Å²) in [5.74, 6) is 0.0650. The summed E-state index contributed by atoms with van der Waals surface area (Å²) < 4.78 is 2.80. The average molecular weight is 386 g/mol. The van der Waals surface area contributed by atoms with Crippen molar-refractivity contribution in [2.45, 2.75) is 6.92 Å². The Balaban J connectivity index is 0.00000176. The molecule has 1 aromatic carbocycles. The second-order valence-electron chi connectivity index (χ2n) is 5.08. The molecule has 0 atom stereocenters. The number of carbonyl (C=O) groups excluding carboxylic acids is 1. The summed E-state index contributed by atoms with van der Waals surface area (Å²) in [5.41, 5.74) is 2.50. The molecule has 0 unspecified atom stereocenters. The van der Waals surface area contributed by atoms with Crippen LogP contribution < -0.4 is 5.32 Å². The molecule has 5 nitrogen and oxygen atoms in total. The predicted octanol–water partition coefficient (Wildman–Crippen LogP) is 2.41. The highest BCUT2D eigenvalue weighted by Crippen LogP contribution is 2.19. The van der Waals surface area contributed by atoms with E-state index >= 15 is 0 Å². The second kappa shape index (κ2) is 7.26. The molecule has 1 N–H and O–H groups in total. The molecule has 1 aromatic heterocycles. The van der Waals surface area contributed by atoms with Gasteiger partial charge in [-0.3, -0.25) is 4.79 Å². The Bertz CT molecular complexity index is 667. The molecular formula is C15H18BrClN4O. The minimum Gasteiger partial charge on any atom is -0.336 e. The number of hydrogen-bond acceptors (Lipinski definition) is 3. The number of hydrogen-bond donors (Lipinski definition) is 1. The lowest BCUT2D eigenvalue weighted by Crippen LogP contribution is -2.46. The second-order valence-corrected chi connectivity index (χ2v) is 5.99. The van der Waals surface area contributed by atoms with Crippen molar-refractivity contribution in [3.8, 4) is 5.69 Å². The van der Waals surface area contributed by atoms with Gasteiger partial charge in [0.2, 0.25) is 0 Å². The number of piperazine rings is 1. The molecule has 0 aliphatic carbocycles. The van der Waals surface area contributed by atoms with Crippen LogP contribution in [0.5, 0.6) is 0 Å². The number of rotatable bonds is 2. The Morgan fingerprint density at radius 2 is 2.05 bits per heavy atom. The molecule has 2 heterocycles. The van der Waals surface area contributed by atoms with Crippen molar-refractivity contribution in [3.05, 3.63) is 46.2 Å². The standard InChI is InChI=1S/C15H17BrN4O.ClH/c1-11-14(15(21)19-7-5-17-6-8-19)10-18-20(11)13-4-2-3-12(16)9-13;/h2-4,9-10,17H,5-8H2,1H3;1H. The molecule has 3 rings (SSSR count). The van der Waals surface area contributed by atoms with Gasteiger partial charge >= 0.3 is 0 Å². The van der Waals surface area contributed by atoms with Crippen molar-refractivity contribution >= 4 is 34.2 Å². The van der Waals surface area contributed by atoms with Crippen molar-refractivity contribution in [1.29, 1.82) is 0 Å². The van der Waals surface area contributed by atoms with Gasteiger partial charge in [-0.1, -0.05) is 22.0 Å². The molecule has 2 aromatic rings. The fourth-order valence-corrected chi connectivity index (χ4v) is 2.91. The van der Waals surface area contributed by atoms with Crippen molar-refractivity contribution in [1.82, 2.24) is 20.0 Å². The monoisotopic (exact) mass is 384 g/mol. The third-order valence-corrected chi connectivity index (χ3v) is 4.19. The maximum atomic E-state index is 12.6. The summed E-state index contributed by atoms with van der Waals surface area (Å²) in [7, 11) is 0. The first-order valence-electron chi connectivity index (χ1n) is 6.97. The number of nitrogens with zero attached hydrogens (tertiary/aromatic N) is 3. The lowest BCUT2D eigenvalue weighted by atomic mass is 10.2. The molecule has 118 valence electrons. The fourth-order valence-electron chi connectivity index (χ4n) is 2.53. The summed E-state index contributed by atoms with van der Waals surface area (Å²) in [5, 5.41) is 7.63. The first-order valence-corrected chi connectivity index (χ1v) is 7.76. The molecular weight excluding hydrogens is 368 g/mol. The summed E-state index contributed by atoms with van der Waals surface area (Å²) >= 11 is 3.46. The number of amides is 1. The highest BCUT2D eigenvalue weighted by Gasteiger charge is 2.22. The maximum absolute atomic E-state index is 12.6. The van der Waals surface area contributed by atoms with E-state index in [1.807, 2.05) is 36.1 Å². The Morgan fingerprint density at radius 3 is 2.73 bits per heavy atom. The van der Waals surface area contributed by atoms with E-state index in [2.05, 4.69) is 26.3 Å². The van der Waals surface area contributed by atoms with Crippen LogP contribution in [0.3, 0.4) is 0 Å². The van der Waals surface area contributed by atoms with Crippen LogP contribution in [0.25, 0.3) is 5.69 Å². The SMILES string of the molecule is Cc1c(C(=O)N2CCNCC2)cnn1-c1cccc(Br)c1.Cl. The number of halogens is 2. The summed E-state index contributed by atoms with van der Waals surface area (Å²) in [6.45, 7) is 5.14. The van der Waals surface area contributed by atoms with E-state index in [4.69, 9.17) is 0 Å². The molecule has 0 bridgehead atoms. The third-order valence-electron chi connectivity index (χ3n) is 3.70. The Labute approximate surface area is 144 Å². The molecule has 1 aliphatic rings. The molecule has 0 radical (unpaired) electrons. The molecule has 1 aliphatic heterocycles. The number of aromatic nitrogens is 2. The highest BCUT2D eigenvalue weighted by molar-refractivity contribution is 9.10. The lowest BCUT2D eigenvalue weighted by Gasteiger charge is -2.27. The van der Waals surface area contributed by atoms with Crippen LogP contribution in [-0.4, -0.2) is 46.8 Å². The Kier molecular flexibility index (Phi) is 5.61. The van der Waals surface area contributed by atoms with Gasteiger partial charge in [-0.2, -0.15) is 5.10 Å². The van der Waals surface area contributed by atoms with Crippen molar-refractivity contribution in [3.63, 3.8) is 0 Å². The molecule has 0 saturated carbocycles. The molecule has 22 heavy (non-hydrogen) atoms. The van der Waals surface area contributed by atoms with Crippen LogP contribution >= 0.6 is 28.3 Å². The molecule has 7 heteroatoms. The number of nitrogens with one attached hydrogen (secondary N) is 1. The van der Waals surface area contributed by atoms with Gasteiger partial charge in [0.05, 0.1) is 23.1 Å². The largest absolute Gasteiger partial charge is 0.336 e. The van der Waals surface area contributed by atoms with Gasteiger partial charge in [0.15, 0.2) is 0 Å². The number of carbonyl (C=O) groups is 1. The van der Waals surface area contributed by atoms with E-state index in [0.29, 0.717) is 5.56 Å². The normalized spacial score (nSPS) is 14.5. The quantitative estimate of drug-likeness (QED) is 0.864. The minimum absolute atomic E-state index is 0. The molecule has 1 amide bonds. The number of benzene rings is 1. The molecule has 0 spiro atoms. The van der Waals surface area contributed by atoms with Crippen LogP contribution in [-0.2, 0) is 0 Å². The zero-order valence-electron chi connectivity index (χ0n) is 12.3. The zero-order chi connectivity index (χ0) is 14.8. The first kappa shape index (κ1) is 17.0. The van der Waals surface area contributed by atoms with Gasteiger partial charge in [0, 0.05) is 30.7 Å². The van der Waals surface area contributed by atoms with Crippen LogP contribution in [0.4, 0.5) is 0 Å². The smallest absolute Gasteiger partial charge is 0.257 e. The van der Waals surface area contributed by atoms with Gasteiger partial charge in [0.1, 0.15) is 0 Å². The summed E-state index contributed by atoms with van der Waals surface area (Å²) in [6.07, 6.45) is 1.67. The van der Waals surface area contributed by atoms with Gasteiger partial charge in [-0.15, -0.1) is 12.4 Å². The van der Waals surface area contributed by atoms with Gasteiger partial charge in [0.25, 0.3) is 5.91 Å². The summed E-state index contributed by atoms with van der Waals surface area (Å²) in [4.78, 5) is 14.4. The van der Waals surface area contributed by atoms with E-state index in [1.165, 1.54) is 0 Å². The van der Waals surface area contributed by atoms with E-state index in [-0.39, 0.29) is 18.3 Å². The van der Waals surface area contributed by atoms with E-state index in [1.54, 1.807) is 10.9 Å². The van der Waals surface area contributed by atoms with E-state index in [9.17, 15) is 4.79 Å². The highest BCUT2D eigenvalue weighted by atomic mass is 79.9. The Hall–Kier alpha value is -1.37. The van der Waals surface area contributed by atoms with Crippen molar-refractivity contribution in [2.75, 3.05) is 26.2 Å².